The lowest BCUT2D eigenvalue weighted by Crippen LogP contribution is -1.97. The van der Waals surface area contributed by atoms with Crippen LogP contribution in [0.2, 0.25) is 0 Å². The summed E-state index contributed by atoms with van der Waals surface area (Å²) in [7, 11) is 0. The molecule has 102 valence electrons. The molecule has 0 radical (unpaired) electrons. The zero-order valence-corrected chi connectivity index (χ0v) is 11.7. The van der Waals surface area contributed by atoms with E-state index in [4.69, 9.17) is 5.73 Å². The van der Waals surface area contributed by atoms with Crippen molar-refractivity contribution in [2.75, 3.05) is 0 Å². The van der Waals surface area contributed by atoms with E-state index in [1.807, 2.05) is 36.4 Å². The first-order valence-corrected chi connectivity index (χ1v) is 6.28. The number of imidazole rings is 1. The molecule has 2 aromatic carbocycles. The van der Waals surface area contributed by atoms with Crippen molar-refractivity contribution in [3.05, 3.63) is 66.5 Å². The molecule has 3 aromatic rings. The Morgan fingerprint density at radius 3 is 1.95 bits per heavy atom. The molecular formula is C16H16ClN3. The second-order valence-corrected chi connectivity index (χ2v) is 4.34. The number of aromatic nitrogens is 2. The van der Waals surface area contributed by atoms with Crippen LogP contribution in [0.3, 0.4) is 0 Å². The Kier molecular flexibility index (Phi) is 4.56. The summed E-state index contributed by atoms with van der Waals surface area (Å²) in [6.07, 6.45) is 0. The van der Waals surface area contributed by atoms with Crippen molar-refractivity contribution in [1.29, 1.82) is 0 Å². The smallest absolute Gasteiger partial charge is 0.121 e. The third-order valence-corrected chi connectivity index (χ3v) is 3.06. The van der Waals surface area contributed by atoms with Crippen molar-refractivity contribution in [3.8, 4) is 22.5 Å². The van der Waals surface area contributed by atoms with E-state index in [9.17, 15) is 0 Å². The lowest BCUT2D eigenvalue weighted by molar-refractivity contribution is 0.951. The van der Waals surface area contributed by atoms with E-state index >= 15 is 0 Å². The summed E-state index contributed by atoms with van der Waals surface area (Å²) in [6, 6.07) is 20.3. The summed E-state index contributed by atoms with van der Waals surface area (Å²) in [5, 5.41) is 0. The number of benzene rings is 2. The Balaban J connectivity index is 0.00000147. The molecule has 0 saturated heterocycles. The van der Waals surface area contributed by atoms with Gasteiger partial charge in [-0.05, 0) is 0 Å². The Morgan fingerprint density at radius 1 is 0.850 bits per heavy atom. The monoisotopic (exact) mass is 285 g/mol. The number of halogens is 1. The molecule has 20 heavy (non-hydrogen) atoms. The predicted octanol–water partition coefficient (Wildman–Crippen LogP) is 3.62. The summed E-state index contributed by atoms with van der Waals surface area (Å²) in [5.74, 6) is 0.803. The van der Waals surface area contributed by atoms with Crippen molar-refractivity contribution < 1.29 is 0 Å². The van der Waals surface area contributed by atoms with E-state index in [1.54, 1.807) is 0 Å². The van der Waals surface area contributed by atoms with Crippen LogP contribution in [0.15, 0.2) is 60.7 Å². The lowest BCUT2D eigenvalue weighted by Gasteiger charge is -2.02. The van der Waals surface area contributed by atoms with E-state index in [1.165, 1.54) is 0 Å². The third-order valence-electron chi connectivity index (χ3n) is 3.06. The zero-order valence-electron chi connectivity index (χ0n) is 10.9. The third kappa shape index (κ3) is 2.74. The molecule has 0 fully saturated rings. The molecule has 0 amide bonds. The fraction of sp³-hybridized carbons (Fsp3) is 0.0625. The Hall–Kier alpha value is -2.10. The van der Waals surface area contributed by atoms with Crippen LogP contribution in [0.4, 0.5) is 0 Å². The van der Waals surface area contributed by atoms with Crippen LogP contribution in [-0.4, -0.2) is 9.97 Å². The number of aromatic amines is 1. The van der Waals surface area contributed by atoms with Gasteiger partial charge in [-0.25, -0.2) is 4.98 Å². The van der Waals surface area contributed by atoms with Gasteiger partial charge in [0.1, 0.15) is 5.82 Å². The van der Waals surface area contributed by atoms with Gasteiger partial charge in [0.2, 0.25) is 0 Å². The molecule has 1 heterocycles. The minimum atomic E-state index is 0. The average Bonchev–Trinajstić information content (AvgIpc) is 2.93. The highest BCUT2D eigenvalue weighted by atomic mass is 35.5. The van der Waals surface area contributed by atoms with Crippen LogP contribution in [0.25, 0.3) is 22.5 Å². The molecule has 0 aliphatic carbocycles. The number of nitrogens with two attached hydrogens (primary N) is 1. The largest absolute Gasteiger partial charge is 0.340 e. The second-order valence-electron chi connectivity index (χ2n) is 4.34. The van der Waals surface area contributed by atoms with Gasteiger partial charge in [0, 0.05) is 11.1 Å². The molecular weight excluding hydrogens is 270 g/mol. The topological polar surface area (TPSA) is 54.7 Å². The van der Waals surface area contributed by atoms with E-state index in [0.29, 0.717) is 6.54 Å². The molecule has 0 unspecified atom stereocenters. The van der Waals surface area contributed by atoms with Gasteiger partial charge >= 0.3 is 0 Å². The SMILES string of the molecule is Cl.NCc1nc(-c2ccccc2)c(-c2ccccc2)[nH]1. The number of hydrogen-bond donors (Lipinski definition) is 2. The summed E-state index contributed by atoms with van der Waals surface area (Å²) < 4.78 is 0. The molecule has 4 heteroatoms. The van der Waals surface area contributed by atoms with Crippen LogP contribution < -0.4 is 5.73 Å². The van der Waals surface area contributed by atoms with E-state index in [2.05, 4.69) is 34.2 Å². The van der Waals surface area contributed by atoms with Gasteiger partial charge in [0.15, 0.2) is 0 Å². The lowest BCUT2D eigenvalue weighted by atomic mass is 10.1. The van der Waals surface area contributed by atoms with Gasteiger partial charge in [-0.1, -0.05) is 60.7 Å². The van der Waals surface area contributed by atoms with Gasteiger partial charge in [0.05, 0.1) is 17.9 Å². The van der Waals surface area contributed by atoms with E-state index < -0.39 is 0 Å². The van der Waals surface area contributed by atoms with Crippen LogP contribution in [0, 0.1) is 0 Å². The van der Waals surface area contributed by atoms with Crippen molar-refractivity contribution >= 4 is 12.4 Å². The average molecular weight is 286 g/mol. The molecule has 3 rings (SSSR count). The molecule has 0 spiro atoms. The summed E-state index contributed by atoms with van der Waals surface area (Å²) >= 11 is 0. The van der Waals surface area contributed by atoms with Gasteiger partial charge < -0.3 is 10.7 Å². The molecule has 0 aliphatic rings. The van der Waals surface area contributed by atoms with Crippen molar-refractivity contribution in [2.45, 2.75) is 6.54 Å². The molecule has 0 saturated carbocycles. The minimum absolute atomic E-state index is 0. The van der Waals surface area contributed by atoms with Crippen LogP contribution in [-0.2, 0) is 6.54 Å². The van der Waals surface area contributed by atoms with Crippen molar-refractivity contribution in [1.82, 2.24) is 9.97 Å². The van der Waals surface area contributed by atoms with Crippen molar-refractivity contribution in [2.24, 2.45) is 5.73 Å². The van der Waals surface area contributed by atoms with Crippen LogP contribution >= 0.6 is 12.4 Å². The standard InChI is InChI=1S/C16H15N3.ClH/c17-11-14-18-15(12-7-3-1-4-8-12)16(19-14)13-9-5-2-6-10-13;/h1-10H,11,17H2,(H,18,19);1H. The Morgan fingerprint density at radius 2 is 1.40 bits per heavy atom. The summed E-state index contributed by atoms with van der Waals surface area (Å²) in [5.41, 5.74) is 9.88. The maximum absolute atomic E-state index is 5.69. The number of nitrogens with zero attached hydrogens (tertiary/aromatic N) is 1. The Bertz CT molecular complexity index is 606. The summed E-state index contributed by atoms with van der Waals surface area (Å²) in [6.45, 7) is 0.409. The molecule has 0 aliphatic heterocycles. The maximum Gasteiger partial charge on any atom is 0.121 e. The zero-order chi connectivity index (χ0) is 13.1. The fourth-order valence-corrected chi connectivity index (χ4v) is 2.14. The van der Waals surface area contributed by atoms with Gasteiger partial charge in [0.25, 0.3) is 0 Å². The van der Waals surface area contributed by atoms with Gasteiger partial charge in [-0.2, -0.15) is 0 Å². The quantitative estimate of drug-likeness (QED) is 0.772. The van der Waals surface area contributed by atoms with Gasteiger partial charge in [-0.3, -0.25) is 0 Å². The van der Waals surface area contributed by atoms with Crippen LogP contribution in [0.5, 0.6) is 0 Å². The summed E-state index contributed by atoms with van der Waals surface area (Å²) in [4.78, 5) is 7.90. The first-order chi connectivity index (χ1) is 9.38. The van der Waals surface area contributed by atoms with Crippen LogP contribution in [0.1, 0.15) is 5.82 Å². The fourth-order valence-electron chi connectivity index (χ4n) is 2.14. The number of H-pyrrole nitrogens is 1. The number of rotatable bonds is 3. The van der Waals surface area contributed by atoms with Crippen molar-refractivity contribution in [3.63, 3.8) is 0 Å². The molecule has 1 aromatic heterocycles. The molecule has 3 N–H and O–H groups in total. The van der Waals surface area contributed by atoms with Gasteiger partial charge in [-0.15, -0.1) is 12.4 Å². The molecule has 0 atom stereocenters. The normalized spacial score (nSPS) is 10.1. The second kappa shape index (κ2) is 6.37. The highest BCUT2D eigenvalue weighted by Gasteiger charge is 2.12. The first kappa shape index (κ1) is 14.3. The minimum Gasteiger partial charge on any atom is -0.340 e. The highest BCUT2D eigenvalue weighted by molar-refractivity contribution is 5.85. The number of nitrogens with one attached hydrogen (secondary N) is 1. The molecule has 0 bridgehead atoms. The van der Waals surface area contributed by atoms with E-state index in [-0.39, 0.29) is 12.4 Å². The first-order valence-electron chi connectivity index (χ1n) is 6.28. The highest BCUT2D eigenvalue weighted by Crippen LogP contribution is 2.29. The molecule has 3 nitrogen and oxygen atoms in total. The Labute approximate surface area is 124 Å². The predicted molar refractivity (Wildman–Crippen MR) is 84.6 cm³/mol. The van der Waals surface area contributed by atoms with E-state index in [0.717, 1.165) is 28.3 Å². The number of hydrogen-bond acceptors (Lipinski definition) is 2. The maximum atomic E-state index is 5.69.